The van der Waals surface area contributed by atoms with Crippen LogP contribution in [0.15, 0.2) is 24.3 Å². The fourth-order valence-corrected chi connectivity index (χ4v) is 2.96. The number of carboxylic acids is 1. The van der Waals surface area contributed by atoms with Gasteiger partial charge in [0.25, 0.3) is 0 Å². The molecule has 1 aromatic rings. The molecule has 2 aliphatic carbocycles. The van der Waals surface area contributed by atoms with E-state index in [0.717, 1.165) is 11.3 Å². The zero-order chi connectivity index (χ0) is 14.8. The number of amides is 1. The fourth-order valence-electron chi connectivity index (χ4n) is 2.96. The first kappa shape index (κ1) is 14.1. The molecule has 0 saturated heterocycles. The Bertz CT molecular complexity index is 517. The lowest BCUT2D eigenvalue weighted by atomic mass is 9.97. The van der Waals surface area contributed by atoms with Gasteiger partial charge in [0.05, 0.1) is 0 Å². The monoisotopic (exact) mass is 287 g/mol. The zero-order valence-electron chi connectivity index (χ0n) is 12.0. The molecule has 0 unspecified atom stereocenters. The van der Waals surface area contributed by atoms with Gasteiger partial charge in [0.15, 0.2) is 0 Å². The van der Waals surface area contributed by atoms with Crippen molar-refractivity contribution in [2.75, 3.05) is 5.32 Å². The van der Waals surface area contributed by atoms with Gasteiger partial charge in [-0.15, -0.1) is 0 Å². The minimum Gasteiger partial charge on any atom is -0.481 e. The molecule has 0 spiro atoms. The molecular formula is C17H21NO3. The molecule has 2 aliphatic rings. The third-order valence-corrected chi connectivity index (χ3v) is 4.41. The molecule has 0 heterocycles. The van der Waals surface area contributed by atoms with Crippen LogP contribution in [0.5, 0.6) is 0 Å². The lowest BCUT2D eigenvalue weighted by Crippen LogP contribution is -2.26. The van der Waals surface area contributed by atoms with E-state index in [1.54, 1.807) is 0 Å². The second kappa shape index (κ2) is 5.88. The van der Waals surface area contributed by atoms with E-state index in [1.807, 2.05) is 24.3 Å². The van der Waals surface area contributed by atoms with Crippen LogP contribution in [0.25, 0.3) is 0 Å². The Morgan fingerprint density at radius 1 is 1.10 bits per heavy atom. The largest absolute Gasteiger partial charge is 0.481 e. The average Bonchev–Trinajstić information content (AvgIpc) is 3.32. The van der Waals surface area contributed by atoms with Crippen LogP contribution in [0.2, 0.25) is 0 Å². The molecule has 112 valence electrons. The van der Waals surface area contributed by atoms with Gasteiger partial charge in [-0.3, -0.25) is 9.59 Å². The Labute approximate surface area is 124 Å². The standard InChI is InChI=1S/C17H21NO3/c19-15(20)10-3-11-1-8-14(9-2-11)18-17(21)16(12-4-5-12)13-6-7-13/h1-2,8-9,12-13,16H,3-7,10H2,(H,18,21)(H,19,20). The van der Waals surface area contributed by atoms with Gasteiger partial charge in [0.1, 0.15) is 0 Å². The first-order valence-electron chi connectivity index (χ1n) is 7.75. The van der Waals surface area contributed by atoms with Gasteiger partial charge >= 0.3 is 5.97 Å². The predicted molar refractivity (Wildman–Crippen MR) is 80.0 cm³/mol. The number of hydrogen-bond acceptors (Lipinski definition) is 2. The van der Waals surface area contributed by atoms with Gasteiger partial charge in [0.2, 0.25) is 5.91 Å². The van der Waals surface area contributed by atoms with Gasteiger partial charge in [-0.2, -0.15) is 0 Å². The molecule has 0 aliphatic heterocycles. The molecule has 0 bridgehead atoms. The summed E-state index contributed by atoms with van der Waals surface area (Å²) in [5, 5.41) is 11.7. The molecule has 2 saturated carbocycles. The zero-order valence-corrected chi connectivity index (χ0v) is 12.0. The summed E-state index contributed by atoms with van der Waals surface area (Å²) in [4.78, 5) is 22.9. The van der Waals surface area contributed by atoms with E-state index in [0.29, 0.717) is 18.3 Å². The highest BCUT2D eigenvalue weighted by Crippen LogP contribution is 2.49. The van der Waals surface area contributed by atoms with Crippen molar-refractivity contribution >= 4 is 17.6 Å². The van der Waals surface area contributed by atoms with Crippen molar-refractivity contribution in [1.82, 2.24) is 0 Å². The molecule has 4 nitrogen and oxygen atoms in total. The predicted octanol–water partition coefficient (Wildman–Crippen LogP) is 3.08. The summed E-state index contributed by atoms with van der Waals surface area (Å²) in [6.07, 6.45) is 5.45. The lowest BCUT2D eigenvalue weighted by Gasteiger charge is -2.15. The number of aliphatic carboxylic acids is 1. The van der Waals surface area contributed by atoms with Crippen LogP contribution < -0.4 is 5.32 Å². The Morgan fingerprint density at radius 2 is 1.67 bits per heavy atom. The molecule has 1 aromatic carbocycles. The minimum atomic E-state index is -0.788. The van der Waals surface area contributed by atoms with E-state index in [4.69, 9.17) is 5.11 Å². The topological polar surface area (TPSA) is 66.4 Å². The van der Waals surface area contributed by atoms with Gasteiger partial charge in [-0.05, 0) is 61.6 Å². The maximum absolute atomic E-state index is 12.4. The molecule has 2 fully saturated rings. The van der Waals surface area contributed by atoms with Gasteiger partial charge in [-0.1, -0.05) is 12.1 Å². The number of hydrogen-bond donors (Lipinski definition) is 2. The van der Waals surface area contributed by atoms with Crippen molar-refractivity contribution in [1.29, 1.82) is 0 Å². The molecule has 21 heavy (non-hydrogen) atoms. The van der Waals surface area contributed by atoms with Crippen molar-refractivity contribution in [3.63, 3.8) is 0 Å². The van der Waals surface area contributed by atoms with Crippen molar-refractivity contribution in [3.05, 3.63) is 29.8 Å². The fraction of sp³-hybridized carbons (Fsp3) is 0.529. The van der Waals surface area contributed by atoms with Crippen molar-refractivity contribution in [2.45, 2.75) is 38.5 Å². The Morgan fingerprint density at radius 3 is 2.14 bits per heavy atom. The number of aryl methyl sites for hydroxylation is 1. The van der Waals surface area contributed by atoms with E-state index < -0.39 is 5.97 Å². The lowest BCUT2D eigenvalue weighted by molar-refractivity contribution is -0.137. The van der Waals surface area contributed by atoms with Gasteiger partial charge < -0.3 is 10.4 Å². The van der Waals surface area contributed by atoms with Crippen LogP contribution in [0.3, 0.4) is 0 Å². The van der Waals surface area contributed by atoms with Crippen molar-refractivity contribution in [2.24, 2.45) is 17.8 Å². The molecular weight excluding hydrogens is 266 g/mol. The van der Waals surface area contributed by atoms with Crippen molar-refractivity contribution in [3.8, 4) is 0 Å². The van der Waals surface area contributed by atoms with Crippen LogP contribution >= 0.6 is 0 Å². The number of carboxylic acid groups (broad SMARTS) is 1. The highest BCUT2D eigenvalue weighted by molar-refractivity contribution is 5.93. The maximum atomic E-state index is 12.4. The van der Waals surface area contributed by atoms with E-state index >= 15 is 0 Å². The summed E-state index contributed by atoms with van der Waals surface area (Å²) in [5.74, 6) is 0.791. The van der Waals surface area contributed by atoms with Crippen LogP contribution in [0.1, 0.15) is 37.7 Å². The summed E-state index contributed by atoms with van der Waals surface area (Å²) >= 11 is 0. The quantitative estimate of drug-likeness (QED) is 0.810. The molecule has 3 rings (SSSR count). The molecule has 1 amide bonds. The number of carbonyl (C=O) groups excluding carboxylic acids is 1. The molecule has 4 heteroatoms. The smallest absolute Gasteiger partial charge is 0.303 e. The van der Waals surface area contributed by atoms with Crippen LogP contribution in [-0.4, -0.2) is 17.0 Å². The average molecular weight is 287 g/mol. The van der Waals surface area contributed by atoms with E-state index in [2.05, 4.69) is 5.32 Å². The highest BCUT2D eigenvalue weighted by atomic mass is 16.4. The summed E-state index contributed by atoms with van der Waals surface area (Å²) in [6, 6.07) is 7.52. The van der Waals surface area contributed by atoms with E-state index in [9.17, 15) is 9.59 Å². The normalized spacial score (nSPS) is 17.8. The number of benzene rings is 1. The van der Waals surface area contributed by atoms with Crippen LogP contribution in [0.4, 0.5) is 5.69 Å². The number of nitrogens with one attached hydrogen (secondary N) is 1. The van der Waals surface area contributed by atoms with Gasteiger partial charge in [-0.25, -0.2) is 0 Å². The second-order valence-electron chi connectivity index (χ2n) is 6.28. The summed E-state index contributed by atoms with van der Waals surface area (Å²) in [7, 11) is 0. The number of rotatable bonds is 7. The minimum absolute atomic E-state index is 0.136. The van der Waals surface area contributed by atoms with E-state index in [-0.39, 0.29) is 18.2 Å². The third-order valence-electron chi connectivity index (χ3n) is 4.41. The summed E-state index contributed by atoms with van der Waals surface area (Å²) in [6.45, 7) is 0. The summed E-state index contributed by atoms with van der Waals surface area (Å²) < 4.78 is 0. The Kier molecular flexibility index (Phi) is 3.95. The molecule has 0 radical (unpaired) electrons. The van der Waals surface area contributed by atoms with Gasteiger partial charge in [0, 0.05) is 18.0 Å². The molecule has 0 atom stereocenters. The van der Waals surface area contributed by atoms with E-state index in [1.165, 1.54) is 25.7 Å². The first-order valence-corrected chi connectivity index (χ1v) is 7.75. The first-order chi connectivity index (χ1) is 10.1. The highest BCUT2D eigenvalue weighted by Gasteiger charge is 2.45. The van der Waals surface area contributed by atoms with Crippen LogP contribution in [-0.2, 0) is 16.0 Å². The number of carbonyl (C=O) groups is 2. The maximum Gasteiger partial charge on any atom is 0.303 e. The number of anilines is 1. The van der Waals surface area contributed by atoms with Crippen molar-refractivity contribution < 1.29 is 14.7 Å². The Balaban J connectivity index is 1.56. The Hall–Kier alpha value is -1.84. The molecule has 0 aromatic heterocycles. The van der Waals surface area contributed by atoms with Crippen LogP contribution in [0, 0.1) is 17.8 Å². The summed E-state index contributed by atoms with van der Waals surface area (Å²) in [5.41, 5.74) is 1.79. The SMILES string of the molecule is O=C(O)CCc1ccc(NC(=O)C(C2CC2)C2CC2)cc1. The third kappa shape index (κ3) is 3.84. The second-order valence-corrected chi connectivity index (χ2v) is 6.28. The molecule has 2 N–H and O–H groups in total.